The first-order valence-corrected chi connectivity index (χ1v) is 8.11. The van der Waals surface area contributed by atoms with Crippen LogP contribution in [0.4, 0.5) is 0 Å². The predicted molar refractivity (Wildman–Crippen MR) is 89.1 cm³/mol. The van der Waals surface area contributed by atoms with E-state index in [0.29, 0.717) is 25.5 Å². The van der Waals surface area contributed by atoms with Crippen molar-refractivity contribution in [2.45, 2.75) is 32.8 Å². The summed E-state index contributed by atoms with van der Waals surface area (Å²) in [5.41, 5.74) is 1.58. The second kappa shape index (κ2) is 6.60. The van der Waals surface area contributed by atoms with Crippen LogP contribution in [0.25, 0.3) is 0 Å². The SMILES string of the molecule is Cc1cnc([C@@H]2CN(C(=O)c3ccc(C(C)C)[nH]c3=O)CCO2)[nH]1. The number of nitrogens with one attached hydrogen (secondary N) is 2. The minimum absolute atomic E-state index is 0.163. The van der Waals surface area contributed by atoms with Gasteiger partial charge in [0.2, 0.25) is 0 Å². The van der Waals surface area contributed by atoms with Crippen molar-refractivity contribution in [3.63, 3.8) is 0 Å². The minimum atomic E-state index is -0.344. The number of aryl methyl sites for hydroxylation is 1. The molecule has 1 saturated heterocycles. The van der Waals surface area contributed by atoms with Crippen LogP contribution in [0.2, 0.25) is 0 Å². The molecule has 0 aliphatic carbocycles. The van der Waals surface area contributed by atoms with Crippen LogP contribution in [-0.4, -0.2) is 45.5 Å². The number of imidazole rings is 1. The Morgan fingerprint density at radius 2 is 2.17 bits per heavy atom. The van der Waals surface area contributed by atoms with E-state index in [4.69, 9.17) is 4.74 Å². The van der Waals surface area contributed by atoms with Gasteiger partial charge in [-0.2, -0.15) is 0 Å². The summed E-state index contributed by atoms with van der Waals surface area (Å²) in [5, 5.41) is 0. The quantitative estimate of drug-likeness (QED) is 0.897. The smallest absolute Gasteiger partial charge is 0.261 e. The molecule has 7 heteroatoms. The molecule has 0 unspecified atom stereocenters. The van der Waals surface area contributed by atoms with E-state index in [2.05, 4.69) is 15.0 Å². The fourth-order valence-electron chi connectivity index (χ4n) is 2.76. The topological polar surface area (TPSA) is 91.1 Å². The van der Waals surface area contributed by atoms with E-state index in [1.165, 1.54) is 0 Å². The third kappa shape index (κ3) is 3.26. The van der Waals surface area contributed by atoms with E-state index in [-0.39, 0.29) is 29.1 Å². The summed E-state index contributed by atoms with van der Waals surface area (Å²) in [6.07, 6.45) is 1.43. The zero-order chi connectivity index (χ0) is 17.3. The van der Waals surface area contributed by atoms with Gasteiger partial charge in [0.25, 0.3) is 11.5 Å². The molecule has 7 nitrogen and oxygen atoms in total. The molecule has 0 radical (unpaired) electrons. The Morgan fingerprint density at radius 3 is 2.79 bits per heavy atom. The molecule has 0 saturated carbocycles. The van der Waals surface area contributed by atoms with Crippen molar-refractivity contribution in [2.24, 2.45) is 0 Å². The van der Waals surface area contributed by atoms with Crippen molar-refractivity contribution in [1.29, 1.82) is 0 Å². The first-order valence-electron chi connectivity index (χ1n) is 8.11. The van der Waals surface area contributed by atoms with Crippen molar-refractivity contribution in [1.82, 2.24) is 19.9 Å². The van der Waals surface area contributed by atoms with E-state index < -0.39 is 0 Å². The van der Waals surface area contributed by atoms with Crippen molar-refractivity contribution in [3.05, 3.63) is 51.5 Å². The van der Waals surface area contributed by atoms with Crippen LogP contribution in [0.1, 0.15) is 53.4 Å². The number of ether oxygens (including phenoxy) is 1. The number of nitrogens with zero attached hydrogens (tertiary/aromatic N) is 2. The van der Waals surface area contributed by atoms with Gasteiger partial charge in [0.05, 0.1) is 13.2 Å². The molecule has 3 heterocycles. The van der Waals surface area contributed by atoms with Gasteiger partial charge in [-0.3, -0.25) is 9.59 Å². The number of amides is 1. The highest BCUT2D eigenvalue weighted by Gasteiger charge is 2.28. The lowest BCUT2D eigenvalue weighted by atomic mass is 10.1. The lowest BCUT2D eigenvalue weighted by Crippen LogP contribution is -2.44. The lowest BCUT2D eigenvalue weighted by Gasteiger charge is -2.32. The fraction of sp³-hybridized carbons (Fsp3) is 0.471. The van der Waals surface area contributed by atoms with Gasteiger partial charge in [0, 0.05) is 24.1 Å². The summed E-state index contributed by atoms with van der Waals surface area (Å²) in [7, 11) is 0. The highest BCUT2D eigenvalue weighted by molar-refractivity contribution is 5.93. The minimum Gasteiger partial charge on any atom is -0.367 e. The van der Waals surface area contributed by atoms with Crippen LogP contribution >= 0.6 is 0 Å². The maximum Gasteiger partial charge on any atom is 0.261 e. The molecule has 24 heavy (non-hydrogen) atoms. The molecule has 0 bridgehead atoms. The average molecular weight is 330 g/mol. The number of carbonyl (C=O) groups is 1. The van der Waals surface area contributed by atoms with Gasteiger partial charge in [0.15, 0.2) is 0 Å². The average Bonchev–Trinajstić information content (AvgIpc) is 3.01. The summed E-state index contributed by atoms with van der Waals surface area (Å²) in [6, 6.07) is 3.41. The maximum atomic E-state index is 12.7. The van der Waals surface area contributed by atoms with E-state index in [9.17, 15) is 9.59 Å². The third-order valence-electron chi connectivity index (χ3n) is 4.17. The number of hydrogen-bond acceptors (Lipinski definition) is 4. The number of aromatic amines is 2. The van der Waals surface area contributed by atoms with E-state index >= 15 is 0 Å². The van der Waals surface area contributed by atoms with Crippen LogP contribution in [0.5, 0.6) is 0 Å². The van der Waals surface area contributed by atoms with Crippen LogP contribution in [-0.2, 0) is 4.74 Å². The molecular weight excluding hydrogens is 308 g/mol. The Labute approximate surface area is 140 Å². The standard InChI is InChI=1S/C17H22N4O3/c1-10(2)13-5-4-12(16(22)20-13)17(23)21-6-7-24-14(9-21)15-18-8-11(3)19-15/h4-5,8,10,14H,6-7,9H2,1-3H3,(H,18,19)(H,20,22)/t14-/m0/s1. The number of carbonyl (C=O) groups excluding carboxylic acids is 1. The Balaban J connectivity index is 1.78. The van der Waals surface area contributed by atoms with E-state index in [1.54, 1.807) is 23.2 Å². The van der Waals surface area contributed by atoms with Gasteiger partial charge in [-0.15, -0.1) is 0 Å². The zero-order valence-corrected chi connectivity index (χ0v) is 14.1. The molecule has 2 aromatic heterocycles. The lowest BCUT2D eigenvalue weighted by molar-refractivity contribution is -0.0265. The Hall–Kier alpha value is -2.41. The van der Waals surface area contributed by atoms with Gasteiger partial charge >= 0.3 is 0 Å². The molecule has 2 aromatic rings. The van der Waals surface area contributed by atoms with Gasteiger partial charge < -0.3 is 19.6 Å². The maximum absolute atomic E-state index is 12.7. The molecule has 128 valence electrons. The number of H-pyrrole nitrogens is 2. The summed E-state index contributed by atoms with van der Waals surface area (Å²) in [6.45, 7) is 7.14. The second-order valence-corrected chi connectivity index (χ2v) is 6.37. The summed E-state index contributed by atoms with van der Waals surface area (Å²) in [5.74, 6) is 0.633. The largest absolute Gasteiger partial charge is 0.367 e. The predicted octanol–water partition coefficient (Wildman–Crippen LogP) is 1.74. The van der Waals surface area contributed by atoms with Crippen molar-refractivity contribution < 1.29 is 9.53 Å². The number of pyridine rings is 1. The van der Waals surface area contributed by atoms with Gasteiger partial charge in [-0.25, -0.2) is 4.98 Å². The first kappa shape index (κ1) is 16.4. The van der Waals surface area contributed by atoms with Crippen molar-refractivity contribution >= 4 is 5.91 Å². The highest BCUT2D eigenvalue weighted by atomic mass is 16.5. The Kier molecular flexibility index (Phi) is 4.53. The molecule has 3 rings (SSSR count). The summed E-state index contributed by atoms with van der Waals surface area (Å²) in [4.78, 5) is 36.8. The van der Waals surface area contributed by atoms with Crippen LogP contribution in [0, 0.1) is 6.92 Å². The molecule has 1 aliphatic heterocycles. The molecule has 1 amide bonds. The molecular formula is C17H22N4O3. The van der Waals surface area contributed by atoms with Gasteiger partial charge in [-0.1, -0.05) is 13.8 Å². The summed E-state index contributed by atoms with van der Waals surface area (Å²) >= 11 is 0. The number of morpholine rings is 1. The van der Waals surface area contributed by atoms with Gasteiger partial charge in [0.1, 0.15) is 17.5 Å². The molecule has 2 N–H and O–H groups in total. The van der Waals surface area contributed by atoms with Gasteiger partial charge in [-0.05, 0) is 25.0 Å². The third-order valence-corrected chi connectivity index (χ3v) is 4.17. The normalized spacial score (nSPS) is 18.2. The zero-order valence-electron chi connectivity index (χ0n) is 14.1. The number of aromatic nitrogens is 3. The Morgan fingerprint density at radius 1 is 1.38 bits per heavy atom. The number of rotatable bonds is 3. The molecule has 1 fully saturated rings. The second-order valence-electron chi connectivity index (χ2n) is 6.37. The van der Waals surface area contributed by atoms with E-state index in [0.717, 1.165) is 11.4 Å². The fourth-order valence-corrected chi connectivity index (χ4v) is 2.76. The Bertz CT molecular complexity index is 793. The van der Waals surface area contributed by atoms with Crippen molar-refractivity contribution in [3.8, 4) is 0 Å². The van der Waals surface area contributed by atoms with Crippen LogP contribution < -0.4 is 5.56 Å². The van der Waals surface area contributed by atoms with E-state index in [1.807, 2.05) is 20.8 Å². The molecule has 1 aliphatic rings. The number of hydrogen-bond donors (Lipinski definition) is 2. The molecule has 1 atom stereocenters. The summed E-state index contributed by atoms with van der Waals surface area (Å²) < 4.78 is 5.70. The van der Waals surface area contributed by atoms with Crippen molar-refractivity contribution in [2.75, 3.05) is 19.7 Å². The monoisotopic (exact) mass is 330 g/mol. The van der Waals surface area contributed by atoms with Crippen LogP contribution in [0.3, 0.4) is 0 Å². The first-order chi connectivity index (χ1) is 11.5. The molecule has 0 aromatic carbocycles. The van der Waals surface area contributed by atoms with Crippen LogP contribution in [0.15, 0.2) is 23.1 Å². The molecule has 0 spiro atoms. The highest BCUT2D eigenvalue weighted by Crippen LogP contribution is 2.21.